The summed E-state index contributed by atoms with van der Waals surface area (Å²) in [5, 5.41) is 5.58. The fraction of sp³-hybridized carbons (Fsp3) is 0.346. The number of carbonyl (C=O) groups is 3. The topological polar surface area (TPSA) is 115 Å². The number of piperidine rings is 1. The first-order valence-corrected chi connectivity index (χ1v) is 12.9. The first kappa shape index (κ1) is 22.7. The van der Waals surface area contributed by atoms with Crippen molar-refractivity contribution in [3.8, 4) is 0 Å². The van der Waals surface area contributed by atoms with Gasteiger partial charge in [-0.3, -0.25) is 29.1 Å². The highest BCUT2D eigenvalue weighted by atomic mass is 32.1. The number of imide groups is 1. The smallest absolute Gasteiger partial charge is 0.272 e. The molecule has 3 amide bonds. The van der Waals surface area contributed by atoms with Crippen LogP contribution < -0.4 is 16.2 Å². The molecule has 10 heteroatoms. The average molecular weight is 504 g/mol. The zero-order valence-electron chi connectivity index (χ0n) is 20.0. The Kier molecular flexibility index (Phi) is 5.29. The van der Waals surface area contributed by atoms with Crippen molar-refractivity contribution in [2.45, 2.75) is 52.1 Å². The number of anilines is 1. The first-order valence-electron chi connectivity index (χ1n) is 12.1. The average Bonchev–Trinajstić information content (AvgIpc) is 3.49. The van der Waals surface area contributed by atoms with Crippen molar-refractivity contribution in [3.05, 3.63) is 57.1 Å². The van der Waals surface area contributed by atoms with Crippen LogP contribution in [0.2, 0.25) is 0 Å². The fourth-order valence-corrected chi connectivity index (χ4v) is 5.98. The molecule has 1 atom stereocenters. The minimum absolute atomic E-state index is 0.161. The van der Waals surface area contributed by atoms with Crippen LogP contribution in [0.4, 0.5) is 5.69 Å². The highest BCUT2D eigenvalue weighted by Crippen LogP contribution is 2.36. The van der Waals surface area contributed by atoms with Gasteiger partial charge in [0, 0.05) is 17.8 Å². The molecular weight excluding hydrogens is 478 g/mol. The lowest BCUT2D eigenvalue weighted by Crippen LogP contribution is -2.45. The van der Waals surface area contributed by atoms with E-state index >= 15 is 0 Å². The molecule has 1 saturated heterocycles. The molecule has 9 nitrogen and oxygen atoms in total. The van der Waals surface area contributed by atoms with Gasteiger partial charge in [-0.1, -0.05) is 6.07 Å². The zero-order chi connectivity index (χ0) is 25.1. The number of aromatic nitrogens is 3. The van der Waals surface area contributed by atoms with E-state index in [1.807, 2.05) is 6.07 Å². The molecule has 0 radical (unpaired) electrons. The molecule has 4 heterocycles. The molecule has 184 valence electrons. The van der Waals surface area contributed by atoms with E-state index in [0.717, 1.165) is 16.8 Å². The van der Waals surface area contributed by atoms with Crippen molar-refractivity contribution < 1.29 is 14.4 Å². The largest absolute Gasteiger partial charge is 0.335 e. The van der Waals surface area contributed by atoms with E-state index in [-0.39, 0.29) is 30.2 Å². The van der Waals surface area contributed by atoms with Crippen LogP contribution in [0.15, 0.2) is 35.1 Å². The summed E-state index contributed by atoms with van der Waals surface area (Å²) in [5.41, 5.74) is 2.10. The maximum Gasteiger partial charge on any atom is 0.272 e. The molecule has 1 saturated carbocycles. The van der Waals surface area contributed by atoms with Gasteiger partial charge in [0.05, 0.1) is 21.3 Å². The van der Waals surface area contributed by atoms with Crippen molar-refractivity contribution in [2.24, 2.45) is 5.92 Å². The maximum atomic E-state index is 13.5. The molecule has 1 aliphatic carbocycles. The van der Waals surface area contributed by atoms with Gasteiger partial charge in [-0.15, -0.1) is 11.3 Å². The normalized spacial score (nSPS) is 18.1. The third-order valence-corrected chi connectivity index (χ3v) is 7.95. The van der Waals surface area contributed by atoms with Crippen molar-refractivity contribution in [3.63, 3.8) is 0 Å². The second-order valence-electron chi connectivity index (χ2n) is 9.65. The van der Waals surface area contributed by atoms with E-state index < -0.39 is 11.9 Å². The molecule has 0 bridgehead atoms. The number of amides is 3. The number of hydrogen-bond donors (Lipinski definition) is 2. The number of rotatable bonds is 5. The molecule has 2 aliphatic rings. The second kappa shape index (κ2) is 8.41. The second-order valence-corrected chi connectivity index (χ2v) is 10.9. The number of benzene rings is 1. The van der Waals surface area contributed by atoms with Gasteiger partial charge in [0.25, 0.3) is 11.5 Å². The number of para-hydroxylation sites is 1. The van der Waals surface area contributed by atoms with Gasteiger partial charge in [-0.2, -0.15) is 0 Å². The van der Waals surface area contributed by atoms with E-state index in [9.17, 15) is 19.2 Å². The predicted octanol–water partition coefficient (Wildman–Crippen LogP) is 3.67. The highest BCUT2D eigenvalue weighted by Gasteiger charge is 2.31. The molecule has 0 spiro atoms. The van der Waals surface area contributed by atoms with Crippen molar-refractivity contribution >= 4 is 55.9 Å². The van der Waals surface area contributed by atoms with Crippen molar-refractivity contribution in [2.75, 3.05) is 5.32 Å². The van der Waals surface area contributed by atoms with Crippen LogP contribution in [-0.2, 0) is 16.1 Å². The lowest BCUT2D eigenvalue weighted by Gasteiger charge is -2.24. The molecule has 36 heavy (non-hydrogen) atoms. The summed E-state index contributed by atoms with van der Waals surface area (Å²) in [4.78, 5) is 56.7. The standard InChI is InChI=1S/C26H25N5O4S/c1-13-10-19-21(36-13)11-20(30(19)12-15-6-7-15)25(34)28-17-5-3-4-16-23(17)27-14(2)31(26(16)35)18-8-9-22(32)29-24(18)33/h3-5,10-11,15,18H,6-9,12H2,1-2H3,(H,28,34)(H,29,32,33). The summed E-state index contributed by atoms with van der Waals surface area (Å²) in [6.45, 7) is 4.53. The van der Waals surface area contributed by atoms with Gasteiger partial charge in [0.2, 0.25) is 11.8 Å². The monoisotopic (exact) mass is 503 g/mol. The lowest BCUT2D eigenvalue weighted by molar-refractivity contribution is -0.135. The third kappa shape index (κ3) is 3.81. The Hall–Kier alpha value is -3.79. The van der Waals surface area contributed by atoms with Crippen molar-refractivity contribution in [1.29, 1.82) is 0 Å². The van der Waals surface area contributed by atoms with E-state index in [0.29, 0.717) is 34.0 Å². The van der Waals surface area contributed by atoms with Gasteiger partial charge in [-0.25, -0.2) is 4.98 Å². The van der Waals surface area contributed by atoms with Gasteiger partial charge >= 0.3 is 0 Å². The number of nitrogens with zero attached hydrogens (tertiary/aromatic N) is 3. The van der Waals surface area contributed by atoms with Gasteiger partial charge in [-0.05, 0) is 63.3 Å². The molecular formula is C26H25N5O4S. The molecule has 1 unspecified atom stereocenters. The van der Waals surface area contributed by atoms with Crippen LogP contribution in [0.25, 0.3) is 21.1 Å². The third-order valence-electron chi connectivity index (χ3n) is 6.96. The summed E-state index contributed by atoms with van der Waals surface area (Å²) in [6, 6.07) is 8.31. The van der Waals surface area contributed by atoms with Crippen LogP contribution in [0.5, 0.6) is 0 Å². The number of nitrogens with one attached hydrogen (secondary N) is 2. The zero-order valence-corrected chi connectivity index (χ0v) is 20.8. The number of aryl methyl sites for hydroxylation is 2. The number of fused-ring (bicyclic) bond motifs is 2. The summed E-state index contributed by atoms with van der Waals surface area (Å²) in [7, 11) is 0. The quantitative estimate of drug-likeness (QED) is 0.403. The van der Waals surface area contributed by atoms with Gasteiger partial charge in [0.1, 0.15) is 23.1 Å². The van der Waals surface area contributed by atoms with E-state index in [4.69, 9.17) is 0 Å². The highest BCUT2D eigenvalue weighted by molar-refractivity contribution is 7.19. The minimum atomic E-state index is -0.799. The first-order chi connectivity index (χ1) is 17.3. The molecule has 4 aromatic rings. The number of carbonyl (C=O) groups excluding carboxylic acids is 3. The molecule has 1 aromatic carbocycles. The Bertz CT molecular complexity index is 1640. The van der Waals surface area contributed by atoms with Crippen LogP contribution in [0.1, 0.15) is 52.9 Å². The molecule has 6 rings (SSSR count). The van der Waals surface area contributed by atoms with E-state index in [1.165, 1.54) is 22.3 Å². The van der Waals surface area contributed by atoms with Gasteiger partial charge < -0.3 is 9.88 Å². The molecule has 3 aromatic heterocycles. The Labute approximate surface area is 210 Å². The Morgan fingerprint density at radius 1 is 1.17 bits per heavy atom. The van der Waals surface area contributed by atoms with Crippen LogP contribution in [-0.4, -0.2) is 31.8 Å². The van der Waals surface area contributed by atoms with Crippen molar-refractivity contribution in [1.82, 2.24) is 19.4 Å². The van der Waals surface area contributed by atoms with Crippen LogP contribution >= 0.6 is 11.3 Å². The molecule has 2 fully saturated rings. The Balaban J connectivity index is 1.38. The fourth-order valence-electron chi connectivity index (χ4n) is 5.02. The predicted molar refractivity (Wildman–Crippen MR) is 137 cm³/mol. The van der Waals surface area contributed by atoms with Gasteiger partial charge in [0.15, 0.2) is 0 Å². The molecule has 1 aliphatic heterocycles. The molecule has 2 N–H and O–H groups in total. The number of hydrogen-bond acceptors (Lipinski definition) is 6. The minimum Gasteiger partial charge on any atom is -0.335 e. The number of thiophene rings is 1. The summed E-state index contributed by atoms with van der Waals surface area (Å²) < 4.78 is 4.52. The van der Waals surface area contributed by atoms with Crippen LogP contribution in [0.3, 0.4) is 0 Å². The van der Waals surface area contributed by atoms with E-state index in [2.05, 4.69) is 33.2 Å². The Morgan fingerprint density at radius 2 is 1.97 bits per heavy atom. The van der Waals surface area contributed by atoms with E-state index in [1.54, 1.807) is 36.5 Å². The lowest BCUT2D eigenvalue weighted by atomic mass is 10.1. The van der Waals surface area contributed by atoms with Crippen LogP contribution in [0, 0.1) is 19.8 Å². The summed E-state index contributed by atoms with van der Waals surface area (Å²) in [6.07, 6.45) is 2.75. The Morgan fingerprint density at radius 3 is 2.72 bits per heavy atom. The maximum absolute atomic E-state index is 13.5. The summed E-state index contributed by atoms with van der Waals surface area (Å²) in [5.74, 6) is -0.161. The SMILES string of the molecule is Cc1cc2c(cc(C(=O)Nc3cccc4c(=O)n(C5CCC(=O)NC5=O)c(C)nc34)n2CC2CC2)s1. The summed E-state index contributed by atoms with van der Waals surface area (Å²) >= 11 is 1.67.